The predicted molar refractivity (Wildman–Crippen MR) is 127 cm³/mol. The van der Waals surface area contributed by atoms with E-state index in [0.717, 1.165) is 48.2 Å². The number of aromatic nitrogens is 1. The molecule has 6 heteroatoms. The number of carbonyl (C=O) groups is 1. The molecule has 3 aromatic rings. The number of anilines is 1. The van der Waals surface area contributed by atoms with Crippen LogP contribution < -0.4 is 15.8 Å². The summed E-state index contributed by atoms with van der Waals surface area (Å²) in [6.07, 6.45) is 0.879. The molecule has 31 heavy (non-hydrogen) atoms. The summed E-state index contributed by atoms with van der Waals surface area (Å²) in [5.74, 6) is 0. The van der Waals surface area contributed by atoms with E-state index in [9.17, 15) is 9.59 Å². The Kier molecular flexibility index (Phi) is 7.84. The minimum atomic E-state index is -0.190. The molecule has 0 bridgehead atoms. The normalized spacial score (nSPS) is 11.1. The van der Waals surface area contributed by atoms with E-state index in [1.54, 1.807) is 4.90 Å². The Hall–Kier alpha value is -3.12. The minimum Gasteiger partial charge on any atom is -0.335 e. The second-order valence-corrected chi connectivity index (χ2v) is 7.94. The van der Waals surface area contributed by atoms with Crippen LogP contribution in [0.2, 0.25) is 0 Å². The highest BCUT2D eigenvalue weighted by molar-refractivity contribution is 5.89. The number of para-hydroxylation sites is 2. The van der Waals surface area contributed by atoms with Gasteiger partial charge in [0.05, 0.1) is 31.7 Å². The van der Waals surface area contributed by atoms with E-state index in [2.05, 4.69) is 24.1 Å². The number of H-pyrrole nitrogens is 1. The van der Waals surface area contributed by atoms with Gasteiger partial charge in [-0.2, -0.15) is 0 Å². The molecule has 0 radical (unpaired) electrons. The molecule has 0 fully saturated rings. The fourth-order valence-electron chi connectivity index (χ4n) is 3.85. The Balaban J connectivity index is 1.81. The molecule has 2 aromatic carbocycles. The van der Waals surface area contributed by atoms with Crippen molar-refractivity contribution in [2.45, 2.75) is 33.7 Å². The molecule has 2 amide bonds. The van der Waals surface area contributed by atoms with Crippen LogP contribution in [-0.2, 0) is 6.54 Å². The molecule has 164 valence electrons. The Bertz CT molecular complexity index is 1060. The molecule has 3 N–H and O–H groups in total. The Morgan fingerprint density at radius 3 is 2.52 bits per heavy atom. The molecule has 0 aliphatic heterocycles. The van der Waals surface area contributed by atoms with Crippen LogP contribution in [0, 0.1) is 6.92 Å². The molecule has 0 saturated heterocycles. The van der Waals surface area contributed by atoms with Gasteiger partial charge in [-0.25, -0.2) is 4.79 Å². The number of nitrogens with one attached hydrogen (secondary N) is 3. The van der Waals surface area contributed by atoms with Crippen molar-refractivity contribution in [1.82, 2.24) is 9.88 Å². The lowest BCUT2D eigenvalue weighted by Gasteiger charge is -2.24. The van der Waals surface area contributed by atoms with Crippen LogP contribution in [-0.4, -0.2) is 42.1 Å². The third-order valence-electron chi connectivity index (χ3n) is 5.80. The van der Waals surface area contributed by atoms with Gasteiger partial charge in [0.25, 0.3) is 5.56 Å². The van der Waals surface area contributed by atoms with Crippen molar-refractivity contribution in [3.05, 3.63) is 76.1 Å². The lowest BCUT2D eigenvalue weighted by molar-refractivity contribution is -0.896. The summed E-state index contributed by atoms with van der Waals surface area (Å²) >= 11 is 0. The largest absolute Gasteiger partial charge is 0.335 e. The van der Waals surface area contributed by atoms with Gasteiger partial charge in [0, 0.05) is 24.2 Å². The van der Waals surface area contributed by atoms with Crippen LogP contribution in [0.1, 0.15) is 31.4 Å². The predicted octanol–water partition coefficient (Wildman–Crippen LogP) is 3.19. The zero-order valence-corrected chi connectivity index (χ0v) is 18.7. The lowest BCUT2D eigenvalue weighted by atomic mass is 10.1. The molecule has 0 unspecified atom stereocenters. The number of benzene rings is 2. The number of fused-ring (bicyclic) bond motifs is 1. The SMILES string of the molecule is CC[NH+](CC)CCCN(Cc1cc2cccc(C)c2[nH]c1=O)C(=O)Nc1ccccc1. The van der Waals surface area contributed by atoms with Crippen molar-refractivity contribution < 1.29 is 9.69 Å². The monoisotopic (exact) mass is 421 g/mol. The molecule has 1 heterocycles. The van der Waals surface area contributed by atoms with E-state index in [1.165, 1.54) is 4.90 Å². The van der Waals surface area contributed by atoms with Gasteiger partial charge in [0.2, 0.25) is 0 Å². The van der Waals surface area contributed by atoms with Crippen LogP contribution >= 0.6 is 0 Å². The highest BCUT2D eigenvalue weighted by atomic mass is 16.2. The number of hydrogen-bond donors (Lipinski definition) is 3. The van der Waals surface area contributed by atoms with Gasteiger partial charge in [-0.1, -0.05) is 36.4 Å². The van der Waals surface area contributed by atoms with Crippen LogP contribution in [0.25, 0.3) is 10.9 Å². The van der Waals surface area contributed by atoms with Crippen molar-refractivity contribution in [3.63, 3.8) is 0 Å². The van der Waals surface area contributed by atoms with E-state index in [4.69, 9.17) is 0 Å². The number of hydrogen-bond acceptors (Lipinski definition) is 2. The summed E-state index contributed by atoms with van der Waals surface area (Å²) in [5, 5.41) is 3.94. The van der Waals surface area contributed by atoms with E-state index in [1.807, 2.05) is 61.5 Å². The molecule has 0 aliphatic carbocycles. The molecule has 1 aromatic heterocycles. The van der Waals surface area contributed by atoms with Gasteiger partial charge in [0.15, 0.2) is 0 Å². The molecular formula is C25H33N4O2+. The first-order valence-corrected chi connectivity index (χ1v) is 11.1. The first-order valence-electron chi connectivity index (χ1n) is 11.1. The highest BCUT2D eigenvalue weighted by Gasteiger charge is 2.17. The third-order valence-corrected chi connectivity index (χ3v) is 5.80. The zero-order valence-electron chi connectivity index (χ0n) is 18.7. The molecular weight excluding hydrogens is 388 g/mol. The second kappa shape index (κ2) is 10.8. The van der Waals surface area contributed by atoms with Gasteiger partial charge in [-0.15, -0.1) is 0 Å². The van der Waals surface area contributed by atoms with E-state index in [0.29, 0.717) is 12.1 Å². The zero-order chi connectivity index (χ0) is 22.2. The lowest BCUT2D eigenvalue weighted by Crippen LogP contribution is -3.11. The standard InChI is InChI=1S/C25H32N4O2/c1-4-28(5-2)15-10-16-29(25(31)26-22-13-7-6-8-14-22)18-21-17-20-12-9-11-19(3)23(20)27-24(21)30/h6-9,11-14,17H,4-5,10,15-16,18H2,1-3H3,(H,26,31)(H,27,30)/p+1. The van der Waals surface area contributed by atoms with Gasteiger partial charge >= 0.3 is 6.03 Å². The van der Waals surface area contributed by atoms with Crippen LogP contribution in [0.5, 0.6) is 0 Å². The smallest absolute Gasteiger partial charge is 0.322 e. The van der Waals surface area contributed by atoms with Crippen molar-refractivity contribution in [1.29, 1.82) is 0 Å². The van der Waals surface area contributed by atoms with Gasteiger partial charge in [-0.05, 0) is 49.9 Å². The van der Waals surface area contributed by atoms with Gasteiger partial charge in [0.1, 0.15) is 0 Å². The molecule has 0 spiro atoms. The highest BCUT2D eigenvalue weighted by Crippen LogP contribution is 2.16. The number of rotatable bonds is 9. The van der Waals surface area contributed by atoms with E-state index >= 15 is 0 Å². The third kappa shape index (κ3) is 5.95. The average molecular weight is 422 g/mol. The molecule has 6 nitrogen and oxygen atoms in total. The Labute approximate surface area is 183 Å². The molecule has 3 rings (SSSR count). The fourth-order valence-corrected chi connectivity index (χ4v) is 3.85. The number of aromatic amines is 1. The fraction of sp³-hybridized carbons (Fsp3) is 0.360. The van der Waals surface area contributed by atoms with Gasteiger partial charge in [-0.3, -0.25) is 4.79 Å². The Morgan fingerprint density at radius 2 is 1.81 bits per heavy atom. The number of nitrogens with zero attached hydrogens (tertiary/aromatic N) is 1. The van der Waals surface area contributed by atoms with Crippen LogP contribution in [0.4, 0.5) is 10.5 Å². The topological polar surface area (TPSA) is 69.6 Å². The number of aryl methyl sites for hydroxylation is 1. The number of urea groups is 1. The van der Waals surface area contributed by atoms with Crippen molar-refractivity contribution >= 4 is 22.6 Å². The maximum atomic E-state index is 13.1. The molecule has 0 saturated carbocycles. The van der Waals surface area contributed by atoms with Gasteiger partial charge < -0.3 is 20.1 Å². The molecule has 0 aliphatic rings. The van der Waals surface area contributed by atoms with E-state index < -0.39 is 0 Å². The van der Waals surface area contributed by atoms with Crippen LogP contribution in [0.3, 0.4) is 0 Å². The first kappa shape index (κ1) is 22.6. The van der Waals surface area contributed by atoms with Crippen molar-refractivity contribution in [3.8, 4) is 0 Å². The first-order chi connectivity index (χ1) is 15.0. The molecule has 0 atom stereocenters. The second-order valence-electron chi connectivity index (χ2n) is 7.94. The maximum absolute atomic E-state index is 13.1. The van der Waals surface area contributed by atoms with Crippen LogP contribution in [0.15, 0.2) is 59.4 Å². The Morgan fingerprint density at radius 1 is 1.06 bits per heavy atom. The summed E-state index contributed by atoms with van der Waals surface area (Å²) < 4.78 is 0. The summed E-state index contributed by atoms with van der Waals surface area (Å²) in [5.41, 5.74) is 3.07. The maximum Gasteiger partial charge on any atom is 0.322 e. The quantitative estimate of drug-likeness (QED) is 0.497. The average Bonchev–Trinajstić information content (AvgIpc) is 2.77. The van der Waals surface area contributed by atoms with Crippen molar-refractivity contribution in [2.24, 2.45) is 0 Å². The number of pyridine rings is 1. The number of carbonyl (C=O) groups excluding carboxylic acids is 1. The number of amides is 2. The summed E-state index contributed by atoms with van der Waals surface area (Å²) in [4.78, 5) is 32.1. The summed E-state index contributed by atoms with van der Waals surface area (Å²) in [6.45, 7) is 10.3. The minimum absolute atomic E-state index is 0.145. The number of quaternary nitrogens is 1. The summed E-state index contributed by atoms with van der Waals surface area (Å²) in [6, 6.07) is 17.1. The van der Waals surface area contributed by atoms with E-state index in [-0.39, 0.29) is 18.1 Å². The van der Waals surface area contributed by atoms with Crippen molar-refractivity contribution in [2.75, 3.05) is 31.5 Å². The summed E-state index contributed by atoms with van der Waals surface area (Å²) in [7, 11) is 0.